The first kappa shape index (κ1) is 31.1. The van der Waals surface area contributed by atoms with Gasteiger partial charge in [-0.25, -0.2) is 5.48 Å². The Morgan fingerprint density at radius 3 is 2.37 bits per heavy atom. The number of anilines is 1. The number of hydroxylamine groups is 1. The maximum absolute atomic E-state index is 12.4. The average molecular weight is 570 g/mol. The van der Waals surface area contributed by atoms with Crippen LogP contribution in [0.4, 0.5) is 5.69 Å². The van der Waals surface area contributed by atoms with Crippen LogP contribution in [0.15, 0.2) is 48.5 Å². The molecule has 10 nitrogen and oxygen atoms in total. The van der Waals surface area contributed by atoms with Crippen molar-refractivity contribution in [1.82, 2.24) is 10.4 Å². The topological polar surface area (TPSA) is 130 Å². The van der Waals surface area contributed by atoms with Gasteiger partial charge in [0.15, 0.2) is 6.29 Å². The van der Waals surface area contributed by atoms with Crippen LogP contribution in [-0.2, 0) is 30.4 Å². The monoisotopic (exact) mass is 569 g/mol. The molecule has 41 heavy (non-hydrogen) atoms. The molecule has 2 aliphatic heterocycles. The maximum Gasteiger partial charge on any atom is 0.243 e. The van der Waals surface area contributed by atoms with E-state index < -0.39 is 12.2 Å². The zero-order valence-corrected chi connectivity index (χ0v) is 23.8. The number of ether oxygens (including phenoxy) is 3. The van der Waals surface area contributed by atoms with Crippen LogP contribution < -0.4 is 10.8 Å². The summed E-state index contributed by atoms with van der Waals surface area (Å²) in [5.41, 5.74) is 5.10. The lowest BCUT2D eigenvalue weighted by Gasteiger charge is -2.38. The number of amides is 2. The molecule has 2 fully saturated rings. The van der Waals surface area contributed by atoms with E-state index in [1.807, 2.05) is 48.5 Å². The number of carbonyl (C=O) groups is 2. The van der Waals surface area contributed by atoms with Gasteiger partial charge in [-0.1, -0.05) is 42.8 Å². The zero-order chi connectivity index (χ0) is 29.0. The van der Waals surface area contributed by atoms with Gasteiger partial charge in [-0.2, -0.15) is 0 Å². The van der Waals surface area contributed by atoms with E-state index in [9.17, 15) is 14.7 Å². The first-order valence-corrected chi connectivity index (χ1v) is 14.6. The van der Waals surface area contributed by atoms with Gasteiger partial charge in [0, 0.05) is 50.2 Å². The standard InChI is InChI=1S/C31H43N3O7/c1-39-21-26-6-5-17-34(26)19-27-18-28(23-11-9-22(20-35)10-12-23)41-31(40-27)24-13-15-25(16-14-24)32-29(36)7-3-2-4-8-30(37)33-38/h9-16,26-28,31,35,38H,2-8,17-21H2,1H3,(H,32,36)(H,33,37)/t26-,27-,28+,31+/m0/s1. The van der Waals surface area contributed by atoms with E-state index in [-0.39, 0.29) is 31.1 Å². The zero-order valence-electron chi connectivity index (χ0n) is 23.8. The summed E-state index contributed by atoms with van der Waals surface area (Å²) in [7, 11) is 1.75. The van der Waals surface area contributed by atoms with Crippen molar-refractivity contribution in [1.29, 1.82) is 0 Å². The molecule has 2 saturated heterocycles. The minimum atomic E-state index is -0.555. The van der Waals surface area contributed by atoms with Crippen molar-refractivity contribution in [2.75, 3.05) is 32.1 Å². The second-order valence-electron chi connectivity index (χ2n) is 10.9. The SMILES string of the molecule is COC[C@@H]1CCCN1C[C@@H]1C[C@H](c2ccc(CO)cc2)O[C@H](c2ccc(NC(=O)CCCCCC(=O)NO)cc2)O1. The van der Waals surface area contributed by atoms with Crippen LogP contribution in [0.5, 0.6) is 0 Å². The van der Waals surface area contributed by atoms with Gasteiger partial charge in [0.1, 0.15) is 0 Å². The van der Waals surface area contributed by atoms with Crippen LogP contribution in [0.3, 0.4) is 0 Å². The van der Waals surface area contributed by atoms with E-state index in [4.69, 9.17) is 19.4 Å². The number of hydrogen-bond acceptors (Lipinski definition) is 8. The van der Waals surface area contributed by atoms with Crippen molar-refractivity contribution in [2.24, 2.45) is 0 Å². The Balaban J connectivity index is 1.37. The predicted molar refractivity (Wildman–Crippen MR) is 153 cm³/mol. The van der Waals surface area contributed by atoms with Crippen molar-refractivity contribution in [3.05, 3.63) is 65.2 Å². The second-order valence-corrected chi connectivity index (χ2v) is 10.9. The third kappa shape index (κ3) is 9.32. The molecule has 10 heteroatoms. The van der Waals surface area contributed by atoms with E-state index in [0.29, 0.717) is 37.6 Å². The summed E-state index contributed by atoms with van der Waals surface area (Å²) in [4.78, 5) is 25.9. The molecule has 2 aromatic carbocycles. The van der Waals surface area contributed by atoms with Crippen LogP contribution in [-0.4, -0.2) is 66.0 Å². The highest BCUT2D eigenvalue weighted by molar-refractivity contribution is 5.90. The summed E-state index contributed by atoms with van der Waals surface area (Å²) in [5.74, 6) is -0.499. The summed E-state index contributed by atoms with van der Waals surface area (Å²) in [6.07, 6.45) is 4.87. The molecule has 0 bridgehead atoms. The molecule has 2 amide bonds. The molecule has 2 aliphatic rings. The number of rotatable bonds is 14. The van der Waals surface area contributed by atoms with Crippen molar-refractivity contribution >= 4 is 17.5 Å². The Morgan fingerprint density at radius 2 is 1.68 bits per heavy atom. The molecule has 0 aliphatic carbocycles. The molecular formula is C31H43N3O7. The van der Waals surface area contributed by atoms with E-state index >= 15 is 0 Å². The highest BCUT2D eigenvalue weighted by Gasteiger charge is 2.35. The maximum atomic E-state index is 12.4. The highest BCUT2D eigenvalue weighted by Crippen LogP contribution is 2.39. The highest BCUT2D eigenvalue weighted by atomic mass is 16.7. The van der Waals surface area contributed by atoms with Crippen LogP contribution in [0.2, 0.25) is 0 Å². The lowest BCUT2D eigenvalue weighted by Crippen LogP contribution is -2.42. The second kappa shape index (κ2) is 16.0. The van der Waals surface area contributed by atoms with Gasteiger partial charge in [-0.15, -0.1) is 0 Å². The number of nitrogens with one attached hydrogen (secondary N) is 2. The summed E-state index contributed by atoms with van der Waals surface area (Å²) < 4.78 is 18.4. The van der Waals surface area contributed by atoms with Gasteiger partial charge in [0.2, 0.25) is 11.8 Å². The van der Waals surface area contributed by atoms with Crippen LogP contribution in [0, 0.1) is 0 Å². The van der Waals surface area contributed by atoms with Crippen molar-refractivity contribution in [3.8, 4) is 0 Å². The molecule has 4 atom stereocenters. The smallest absolute Gasteiger partial charge is 0.243 e. The van der Waals surface area contributed by atoms with Gasteiger partial charge in [-0.3, -0.25) is 19.7 Å². The number of aliphatic hydroxyl groups excluding tert-OH is 1. The third-order valence-corrected chi connectivity index (χ3v) is 7.81. The van der Waals surface area contributed by atoms with Gasteiger partial charge < -0.3 is 24.6 Å². The largest absolute Gasteiger partial charge is 0.392 e. The third-order valence-electron chi connectivity index (χ3n) is 7.81. The Morgan fingerprint density at radius 1 is 0.976 bits per heavy atom. The summed E-state index contributed by atoms with van der Waals surface area (Å²) >= 11 is 0. The first-order chi connectivity index (χ1) is 20.0. The van der Waals surface area contributed by atoms with E-state index in [1.165, 1.54) is 0 Å². The molecule has 0 unspecified atom stereocenters. The fourth-order valence-electron chi connectivity index (χ4n) is 5.56. The van der Waals surface area contributed by atoms with Crippen LogP contribution in [0.25, 0.3) is 0 Å². The molecular weight excluding hydrogens is 526 g/mol. The Labute approximate surface area is 241 Å². The normalized spacial score (nSPS) is 22.9. The molecule has 0 radical (unpaired) electrons. The number of aliphatic hydroxyl groups is 1. The fourth-order valence-corrected chi connectivity index (χ4v) is 5.56. The molecule has 0 spiro atoms. The van der Waals surface area contributed by atoms with Gasteiger partial charge >= 0.3 is 0 Å². The molecule has 0 aromatic heterocycles. The molecule has 2 aromatic rings. The number of unbranched alkanes of at least 4 members (excludes halogenated alkanes) is 2. The van der Waals surface area contributed by atoms with Crippen molar-refractivity contribution in [2.45, 2.75) is 82.5 Å². The molecule has 4 rings (SSSR count). The van der Waals surface area contributed by atoms with Gasteiger partial charge in [0.05, 0.1) is 25.4 Å². The number of benzene rings is 2. The minimum Gasteiger partial charge on any atom is -0.392 e. The van der Waals surface area contributed by atoms with Crippen molar-refractivity contribution in [3.63, 3.8) is 0 Å². The summed E-state index contributed by atoms with van der Waals surface area (Å²) in [6.45, 7) is 2.55. The molecule has 2 heterocycles. The van der Waals surface area contributed by atoms with Crippen LogP contribution in [0.1, 0.15) is 80.5 Å². The Bertz CT molecular complexity index is 1100. The lowest BCUT2D eigenvalue weighted by molar-refractivity contribution is -0.253. The first-order valence-electron chi connectivity index (χ1n) is 14.6. The van der Waals surface area contributed by atoms with Crippen molar-refractivity contribution < 1.29 is 34.1 Å². The molecule has 4 N–H and O–H groups in total. The number of nitrogens with zero attached hydrogens (tertiary/aromatic N) is 1. The van der Waals surface area contributed by atoms with E-state index in [1.54, 1.807) is 12.6 Å². The average Bonchev–Trinajstić information content (AvgIpc) is 3.43. The Kier molecular flexibility index (Phi) is 12.1. The predicted octanol–water partition coefficient (Wildman–Crippen LogP) is 4.23. The minimum absolute atomic E-state index is 0.00223. The van der Waals surface area contributed by atoms with Gasteiger partial charge in [0.25, 0.3) is 0 Å². The number of likely N-dealkylation sites (tertiary alicyclic amines) is 1. The number of methoxy groups -OCH3 is 1. The quantitative estimate of drug-likeness (QED) is 0.151. The lowest BCUT2D eigenvalue weighted by atomic mass is 9.99. The van der Waals surface area contributed by atoms with E-state index in [2.05, 4.69) is 10.2 Å². The number of hydrogen-bond donors (Lipinski definition) is 4. The fraction of sp³-hybridized carbons (Fsp3) is 0.548. The summed E-state index contributed by atoms with van der Waals surface area (Å²) in [6, 6.07) is 15.8. The molecule has 0 saturated carbocycles. The van der Waals surface area contributed by atoms with E-state index in [0.717, 1.165) is 55.5 Å². The molecule has 224 valence electrons. The summed E-state index contributed by atoms with van der Waals surface area (Å²) in [5, 5.41) is 20.9. The number of carbonyl (C=O) groups excluding carboxylic acids is 2. The van der Waals surface area contributed by atoms with Crippen LogP contribution >= 0.6 is 0 Å². The van der Waals surface area contributed by atoms with Gasteiger partial charge in [-0.05, 0) is 55.5 Å². The Hall–Kier alpha value is -2.86.